The van der Waals surface area contributed by atoms with E-state index in [-0.39, 0.29) is 0 Å². The van der Waals surface area contributed by atoms with Gasteiger partial charge >= 0.3 is 0 Å². The minimum absolute atomic E-state index is 0.421. The minimum Gasteiger partial charge on any atom is -0.387 e. The minimum atomic E-state index is -1.06. The Bertz CT molecular complexity index is 338. The molecule has 0 radical (unpaired) electrons. The van der Waals surface area contributed by atoms with E-state index < -0.39 is 12.3 Å². The Kier molecular flexibility index (Phi) is 2.50. The molecular weight excluding hydrogens is 181 g/mol. The van der Waals surface area contributed by atoms with Crippen molar-refractivity contribution >= 4 is 0 Å². The first-order chi connectivity index (χ1) is 6.68. The summed E-state index contributed by atoms with van der Waals surface area (Å²) >= 11 is 0. The number of aliphatic hydroxyl groups excluding tert-OH is 1. The van der Waals surface area contributed by atoms with Gasteiger partial charge in [-0.2, -0.15) is 0 Å². The smallest absolute Gasteiger partial charge is 0.139 e. The topological polar surface area (TPSA) is 33.1 Å². The van der Waals surface area contributed by atoms with E-state index in [4.69, 9.17) is 0 Å². The number of aryl methyl sites for hydroxylation is 1. The van der Waals surface area contributed by atoms with E-state index in [2.05, 4.69) is 4.98 Å². The number of hydrogen-bond donors (Lipinski definition) is 1. The Morgan fingerprint density at radius 1 is 1.57 bits per heavy atom. The molecule has 2 atom stereocenters. The normalized spacial score (nSPS) is 22.9. The summed E-state index contributed by atoms with van der Waals surface area (Å²) in [4.78, 5) is 4.17. The van der Waals surface area contributed by atoms with Gasteiger partial charge < -0.3 is 5.11 Å². The first-order valence-electron chi connectivity index (χ1n) is 5.00. The van der Waals surface area contributed by atoms with Crippen LogP contribution in [0, 0.1) is 0 Å². The highest BCUT2D eigenvalue weighted by Crippen LogP contribution is 2.29. The summed E-state index contributed by atoms with van der Waals surface area (Å²) in [5, 5.41) is 9.68. The van der Waals surface area contributed by atoms with E-state index in [1.54, 1.807) is 6.07 Å². The molecule has 1 aliphatic rings. The molecule has 0 bridgehead atoms. The van der Waals surface area contributed by atoms with Gasteiger partial charge in [-0.3, -0.25) is 4.98 Å². The fourth-order valence-electron chi connectivity index (χ4n) is 1.86. The van der Waals surface area contributed by atoms with E-state index in [0.717, 1.165) is 24.8 Å². The Hall–Kier alpha value is -0.960. The monoisotopic (exact) mass is 195 g/mol. The molecule has 2 unspecified atom stereocenters. The Morgan fingerprint density at radius 2 is 2.36 bits per heavy atom. The highest BCUT2D eigenvalue weighted by molar-refractivity contribution is 5.27. The Balaban J connectivity index is 2.41. The molecule has 1 aliphatic carbocycles. The standard InChI is InChI=1S/C11H14FNO/c1-7(12)9-6-5-8-3-2-4-10(14)11(8)13-9/h5-7,10,14H,2-4H2,1H3. The molecule has 1 heterocycles. The second-order valence-corrected chi connectivity index (χ2v) is 3.80. The van der Waals surface area contributed by atoms with Crippen LogP contribution in [0.5, 0.6) is 0 Å². The number of rotatable bonds is 1. The van der Waals surface area contributed by atoms with E-state index in [1.165, 1.54) is 6.92 Å². The van der Waals surface area contributed by atoms with Crippen LogP contribution in [0.4, 0.5) is 4.39 Å². The lowest BCUT2D eigenvalue weighted by atomic mass is 9.93. The summed E-state index contributed by atoms with van der Waals surface area (Å²) in [6.07, 6.45) is 1.11. The molecule has 1 N–H and O–H groups in total. The van der Waals surface area contributed by atoms with Crippen molar-refractivity contribution in [3.8, 4) is 0 Å². The first kappa shape index (κ1) is 9.59. The summed E-state index contributed by atoms with van der Waals surface area (Å²) in [5.74, 6) is 0. The van der Waals surface area contributed by atoms with Gasteiger partial charge in [0.1, 0.15) is 6.17 Å². The van der Waals surface area contributed by atoms with E-state index in [1.807, 2.05) is 6.07 Å². The zero-order valence-electron chi connectivity index (χ0n) is 8.20. The zero-order valence-corrected chi connectivity index (χ0v) is 8.20. The highest BCUT2D eigenvalue weighted by atomic mass is 19.1. The third-order valence-electron chi connectivity index (χ3n) is 2.68. The van der Waals surface area contributed by atoms with Crippen molar-refractivity contribution in [3.63, 3.8) is 0 Å². The van der Waals surface area contributed by atoms with Crippen LogP contribution in [0.3, 0.4) is 0 Å². The van der Waals surface area contributed by atoms with Crippen molar-refractivity contribution < 1.29 is 9.50 Å². The molecule has 0 saturated heterocycles. The van der Waals surface area contributed by atoms with Crippen LogP contribution >= 0.6 is 0 Å². The van der Waals surface area contributed by atoms with Gasteiger partial charge in [-0.15, -0.1) is 0 Å². The fraction of sp³-hybridized carbons (Fsp3) is 0.545. The number of halogens is 1. The summed E-state index contributed by atoms with van der Waals surface area (Å²) in [6, 6.07) is 3.59. The summed E-state index contributed by atoms with van der Waals surface area (Å²) in [6.45, 7) is 1.46. The molecule has 3 heteroatoms. The lowest BCUT2D eigenvalue weighted by Gasteiger charge is -2.20. The van der Waals surface area contributed by atoms with Crippen molar-refractivity contribution in [3.05, 3.63) is 29.1 Å². The first-order valence-corrected chi connectivity index (χ1v) is 5.00. The molecule has 0 aromatic carbocycles. The van der Waals surface area contributed by atoms with Crippen molar-refractivity contribution in [1.82, 2.24) is 4.98 Å². The molecule has 2 nitrogen and oxygen atoms in total. The summed E-state index contributed by atoms with van der Waals surface area (Å²) < 4.78 is 13.0. The number of pyridine rings is 1. The molecule has 0 amide bonds. The Labute approximate surface area is 82.8 Å². The van der Waals surface area contributed by atoms with Gasteiger partial charge in [-0.25, -0.2) is 4.39 Å². The molecule has 0 aliphatic heterocycles. The highest BCUT2D eigenvalue weighted by Gasteiger charge is 2.20. The second-order valence-electron chi connectivity index (χ2n) is 3.80. The molecule has 2 rings (SSSR count). The molecule has 76 valence electrons. The van der Waals surface area contributed by atoms with Crippen LogP contribution in [0.2, 0.25) is 0 Å². The maximum atomic E-state index is 13.0. The number of aliphatic hydroxyl groups is 1. The van der Waals surface area contributed by atoms with Gasteiger partial charge in [0.25, 0.3) is 0 Å². The van der Waals surface area contributed by atoms with E-state index in [0.29, 0.717) is 11.4 Å². The molecule has 1 aromatic heterocycles. The predicted molar refractivity (Wildman–Crippen MR) is 51.7 cm³/mol. The maximum Gasteiger partial charge on any atom is 0.139 e. The maximum absolute atomic E-state index is 13.0. The largest absolute Gasteiger partial charge is 0.387 e. The Morgan fingerprint density at radius 3 is 3.07 bits per heavy atom. The molecule has 0 saturated carbocycles. The average Bonchev–Trinajstić information content (AvgIpc) is 2.18. The van der Waals surface area contributed by atoms with Gasteiger partial charge in [0.05, 0.1) is 17.5 Å². The summed E-state index contributed by atoms with van der Waals surface area (Å²) in [5.41, 5.74) is 2.16. The van der Waals surface area contributed by atoms with E-state index >= 15 is 0 Å². The number of alkyl halides is 1. The SMILES string of the molecule is CC(F)c1ccc2c(n1)C(O)CCC2. The third-order valence-corrected chi connectivity index (χ3v) is 2.68. The predicted octanol–water partition coefficient (Wildman–Crippen LogP) is 2.48. The van der Waals surface area contributed by atoms with Gasteiger partial charge in [0, 0.05) is 0 Å². The lowest BCUT2D eigenvalue weighted by Crippen LogP contribution is -2.12. The molecule has 14 heavy (non-hydrogen) atoms. The van der Waals surface area contributed by atoms with Crippen LogP contribution in [0.1, 0.15) is 49.0 Å². The second kappa shape index (κ2) is 3.65. The lowest BCUT2D eigenvalue weighted by molar-refractivity contribution is 0.150. The molecule has 1 aromatic rings. The van der Waals surface area contributed by atoms with Crippen LogP contribution < -0.4 is 0 Å². The van der Waals surface area contributed by atoms with Crippen molar-refractivity contribution in [2.24, 2.45) is 0 Å². The van der Waals surface area contributed by atoms with Crippen LogP contribution in [-0.2, 0) is 6.42 Å². The van der Waals surface area contributed by atoms with Gasteiger partial charge in [-0.05, 0) is 37.8 Å². The number of hydrogen-bond acceptors (Lipinski definition) is 2. The van der Waals surface area contributed by atoms with Gasteiger partial charge in [0.15, 0.2) is 0 Å². The molecule has 0 spiro atoms. The van der Waals surface area contributed by atoms with Gasteiger partial charge in [-0.1, -0.05) is 6.07 Å². The van der Waals surface area contributed by atoms with Crippen molar-refractivity contribution in [1.29, 1.82) is 0 Å². The van der Waals surface area contributed by atoms with Crippen LogP contribution in [-0.4, -0.2) is 10.1 Å². The zero-order chi connectivity index (χ0) is 10.1. The fourth-order valence-corrected chi connectivity index (χ4v) is 1.86. The number of nitrogens with zero attached hydrogens (tertiary/aromatic N) is 1. The third kappa shape index (κ3) is 1.64. The van der Waals surface area contributed by atoms with Crippen molar-refractivity contribution in [2.75, 3.05) is 0 Å². The number of fused-ring (bicyclic) bond motifs is 1. The number of aromatic nitrogens is 1. The average molecular weight is 195 g/mol. The molecule has 0 fully saturated rings. The quantitative estimate of drug-likeness (QED) is 0.746. The summed E-state index contributed by atoms with van der Waals surface area (Å²) in [7, 11) is 0. The van der Waals surface area contributed by atoms with Crippen molar-refractivity contribution in [2.45, 2.75) is 38.5 Å². The van der Waals surface area contributed by atoms with Gasteiger partial charge in [0.2, 0.25) is 0 Å². The van der Waals surface area contributed by atoms with Crippen LogP contribution in [0.25, 0.3) is 0 Å². The van der Waals surface area contributed by atoms with E-state index in [9.17, 15) is 9.50 Å². The van der Waals surface area contributed by atoms with Crippen LogP contribution in [0.15, 0.2) is 12.1 Å². The molecular formula is C11H14FNO.